The van der Waals surface area contributed by atoms with Gasteiger partial charge in [-0.1, -0.05) is 24.3 Å². The Hall–Kier alpha value is -2.82. The van der Waals surface area contributed by atoms with Gasteiger partial charge in [-0.15, -0.1) is 0 Å². The summed E-state index contributed by atoms with van der Waals surface area (Å²) in [6, 6.07) is 11.7. The average molecular weight is 335 g/mol. The minimum atomic E-state index is -0.134. The Balaban J connectivity index is 1.64. The first kappa shape index (κ1) is 15.7. The number of carbonyl (C=O) groups is 1. The van der Waals surface area contributed by atoms with Crippen molar-refractivity contribution in [1.29, 1.82) is 0 Å². The fourth-order valence-corrected chi connectivity index (χ4v) is 3.39. The van der Waals surface area contributed by atoms with Crippen LogP contribution in [-0.4, -0.2) is 24.0 Å². The standard InChI is InChI=1S/C20H21N3O2/c24-20(22-13-15-7-6-12-25-15)18-14-21-19(23-10-4-1-5-11-23)17-9-3-2-8-16(17)18/h2-3,6-9,12,14H,1,4-5,10-11,13H2,(H,22,24). The molecule has 128 valence electrons. The maximum atomic E-state index is 12.6. The van der Waals surface area contributed by atoms with Crippen LogP contribution in [0.5, 0.6) is 0 Å². The number of amides is 1. The maximum Gasteiger partial charge on any atom is 0.253 e. The van der Waals surface area contributed by atoms with E-state index in [1.807, 2.05) is 30.3 Å². The number of rotatable bonds is 4. The lowest BCUT2D eigenvalue weighted by molar-refractivity contribution is 0.0949. The molecule has 1 aromatic carbocycles. The molecule has 5 nitrogen and oxygen atoms in total. The van der Waals surface area contributed by atoms with Crippen molar-refractivity contribution in [3.8, 4) is 0 Å². The number of fused-ring (bicyclic) bond motifs is 1. The molecule has 3 aromatic rings. The van der Waals surface area contributed by atoms with Crippen molar-refractivity contribution in [2.75, 3.05) is 18.0 Å². The first-order valence-electron chi connectivity index (χ1n) is 8.76. The Morgan fingerprint density at radius 3 is 2.64 bits per heavy atom. The monoisotopic (exact) mass is 335 g/mol. The number of nitrogens with zero attached hydrogens (tertiary/aromatic N) is 2. The van der Waals surface area contributed by atoms with Crippen LogP contribution >= 0.6 is 0 Å². The Morgan fingerprint density at radius 2 is 1.88 bits per heavy atom. The van der Waals surface area contributed by atoms with Gasteiger partial charge in [0.25, 0.3) is 5.91 Å². The van der Waals surface area contributed by atoms with Crippen molar-refractivity contribution < 1.29 is 9.21 Å². The number of carbonyl (C=O) groups excluding carboxylic acids is 1. The lowest BCUT2D eigenvalue weighted by atomic mass is 10.0. The van der Waals surface area contributed by atoms with E-state index < -0.39 is 0 Å². The number of hydrogen-bond acceptors (Lipinski definition) is 4. The first-order valence-corrected chi connectivity index (χ1v) is 8.76. The number of anilines is 1. The molecule has 1 aliphatic heterocycles. The van der Waals surface area contributed by atoms with Gasteiger partial charge in [-0.3, -0.25) is 4.79 Å². The Morgan fingerprint density at radius 1 is 1.08 bits per heavy atom. The topological polar surface area (TPSA) is 58.4 Å². The SMILES string of the molecule is O=C(NCc1ccco1)c1cnc(N2CCCCC2)c2ccccc12. The van der Waals surface area contributed by atoms with Crippen LogP contribution in [0.3, 0.4) is 0 Å². The van der Waals surface area contributed by atoms with Crippen LogP contribution in [0, 0.1) is 0 Å². The van der Waals surface area contributed by atoms with Gasteiger partial charge in [-0.05, 0) is 36.8 Å². The van der Waals surface area contributed by atoms with Crippen LogP contribution in [0.4, 0.5) is 5.82 Å². The smallest absolute Gasteiger partial charge is 0.253 e. The van der Waals surface area contributed by atoms with E-state index in [9.17, 15) is 4.79 Å². The fourth-order valence-electron chi connectivity index (χ4n) is 3.39. The number of hydrogen-bond donors (Lipinski definition) is 1. The van der Waals surface area contributed by atoms with Gasteiger partial charge in [0.1, 0.15) is 11.6 Å². The molecule has 3 heterocycles. The third-order valence-electron chi connectivity index (χ3n) is 4.68. The summed E-state index contributed by atoms with van der Waals surface area (Å²) >= 11 is 0. The van der Waals surface area contributed by atoms with Crippen molar-refractivity contribution in [1.82, 2.24) is 10.3 Å². The van der Waals surface area contributed by atoms with Crippen molar-refractivity contribution >= 4 is 22.5 Å². The molecule has 1 saturated heterocycles. The fraction of sp³-hybridized carbons (Fsp3) is 0.300. The molecule has 1 amide bonds. The minimum absolute atomic E-state index is 0.134. The largest absolute Gasteiger partial charge is 0.467 e. The number of benzene rings is 1. The summed E-state index contributed by atoms with van der Waals surface area (Å²) in [5.74, 6) is 1.58. The van der Waals surface area contributed by atoms with Crippen molar-refractivity contribution in [2.45, 2.75) is 25.8 Å². The van der Waals surface area contributed by atoms with Crippen LogP contribution in [0.25, 0.3) is 10.8 Å². The number of nitrogens with one attached hydrogen (secondary N) is 1. The van der Waals surface area contributed by atoms with Gasteiger partial charge < -0.3 is 14.6 Å². The van der Waals surface area contributed by atoms with E-state index in [0.29, 0.717) is 12.1 Å². The van der Waals surface area contributed by atoms with Crippen molar-refractivity contribution in [3.63, 3.8) is 0 Å². The predicted octanol–water partition coefficient (Wildman–Crippen LogP) is 3.75. The normalized spacial score (nSPS) is 14.6. The molecule has 0 radical (unpaired) electrons. The third-order valence-corrected chi connectivity index (χ3v) is 4.68. The minimum Gasteiger partial charge on any atom is -0.467 e. The second kappa shape index (κ2) is 6.97. The van der Waals surface area contributed by atoms with Crippen LogP contribution in [0.15, 0.2) is 53.3 Å². The Kier molecular flexibility index (Phi) is 4.37. The molecule has 5 heteroatoms. The summed E-state index contributed by atoms with van der Waals surface area (Å²) in [6.45, 7) is 2.43. The molecule has 1 aliphatic rings. The Bertz CT molecular complexity index is 868. The highest BCUT2D eigenvalue weighted by Crippen LogP contribution is 2.29. The van der Waals surface area contributed by atoms with Crippen LogP contribution in [0.2, 0.25) is 0 Å². The Labute approximate surface area is 146 Å². The number of aromatic nitrogens is 1. The van der Waals surface area contributed by atoms with E-state index in [1.54, 1.807) is 12.5 Å². The zero-order chi connectivity index (χ0) is 17.1. The van der Waals surface area contributed by atoms with Crippen LogP contribution in [0.1, 0.15) is 35.4 Å². The van der Waals surface area contributed by atoms with E-state index in [2.05, 4.69) is 21.3 Å². The molecule has 0 aliphatic carbocycles. The van der Waals surface area contributed by atoms with E-state index >= 15 is 0 Å². The van der Waals surface area contributed by atoms with Gasteiger partial charge >= 0.3 is 0 Å². The van der Waals surface area contributed by atoms with Crippen LogP contribution < -0.4 is 10.2 Å². The molecule has 1 N–H and O–H groups in total. The third kappa shape index (κ3) is 3.22. The van der Waals surface area contributed by atoms with E-state index in [1.165, 1.54) is 19.3 Å². The highest BCUT2D eigenvalue weighted by molar-refractivity contribution is 6.09. The molecule has 1 fully saturated rings. The van der Waals surface area contributed by atoms with Gasteiger partial charge in [0, 0.05) is 24.7 Å². The number of pyridine rings is 1. The zero-order valence-electron chi connectivity index (χ0n) is 14.1. The summed E-state index contributed by atoms with van der Waals surface area (Å²) < 4.78 is 5.27. The van der Waals surface area contributed by atoms with Crippen LogP contribution in [-0.2, 0) is 6.54 Å². The summed E-state index contributed by atoms with van der Waals surface area (Å²) in [7, 11) is 0. The van der Waals surface area contributed by atoms with E-state index in [-0.39, 0.29) is 5.91 Å². The molecule has 0 saturated carbocycles. The molecule has 0 atom stereocenters. The molecule has 0 spiro atoms. The molecular formula is C20H21N3O2. The van der Waals surface area contributed by atoms with Gasteiger partial charge in [0.05, 0.1) is 18.4 Å². The lowest BCUT2D eigenvalue weighted by Gasteiger charge is -2.29. The maximum absolute atomic E-state index is 12.6. The highest BCUT2D eigenvalue weighted by atomic mass is 16.3. The van der Waals surface area contributed by atoms with E-state index in [0.717, 1.165) is 35.4 Å². The van der Waals surface area contributed by atoms with Crippen molar-refractivity contribution in [3.05, 3.63) is 60.2 Å². The predicted molar refractivity (Wildman–Crippen MR) is 97.7 cm³/mol. The second-order valence-corrected chi connectivity index (χ2v) is 6.35. The molecule has 4 rings (SSSR count). The van der Waals surface area contributed by atoms with Gasteiger partial charge in [-0.25, -0.2) is 4.98 Å². The summed E-state index contributed by atoms with van der Waals surface area (Å²) in [6.07, 6.45) is 6.97. The molecule has 25 heavy (non-hydrogen) atoms. The van der Waals surface area contributed by atoms with Gasteiger partial charge in [-0.2, -0.15) is 0 Å². The van der Waals surface area contributed by atoms with Gasteiger partial charge in [0.2, 0.25) is 0 Å². The molecule has 2 aromatic heterocycles. The first-order chi connectivity index (χ1) is 12.3. The van der Waals surface area contributed by atoms with Gasteiger partial charge in [0.15, 0.2) is 0 Å². The molecular weight excluding hydrogens is 314 g/mol. The molecule has 0 bridgehead atoms. The molecule has 0 unspecified atom stereocenters. The average Bonchev–Trinajstić information content (AvgIpc) is 3.19. The van der Waals surface area contributed by atoms with E-state index in [4.69, 9.17) is 4.42 Å². The zero-order valence-corrected chi connectivity index (χ0v) is 14.1. The summed E-state index contributed by atoms with van der Waals surface area (Å²) in [4.78, 5) is 19.6. The summed E-state index contributed by atoms with van der Waals surface area (Å²) in [5, 5.41) is 4.88. The summed E-state index contributed by atoms with van der Waals surface area (Å²) in [5.41, 5.74) is 0.600. The second-order valence-electron chi connectivity index (χ2n) is 6.35. The highest BCUT2D eigenvalue weighted by Gasteiger charge is 2.18. The quantitative estimate of drug-likeness (QED) is 0.789. The van der Waals surface area contributed by atoms with Crippen molar-refractivity contribution in [2.24, 2.45) is 0 Å². The number of furan rings is 1. The number of piperidine rings is 1. The lowest BCUT2D eigenvalue weighted by Crippen LogP contribution is -2.30.